The molecule has 0 aliphatic carbocycles. The van der Waals surface area contributed by atoms with E-state index >= 15 is 0 Å². The zero-order valence-electron chi connectivity index (χ0n) is 10.6. The summed E-state index contributed by atoms with van der Waals surface area (Å²) < 4.78 is 4.91. The number of methoxy groups -OCH3 is 1. The summed E-state index contributed by atoms with van der Waals surface area (Å²) in [6.07, 6.45) is 3.43. The average molecular weight is 249 g/mol. The fraction of sp³-hybridized carbons (Fsp3) is 0.538. The summed E-state index contributed by atoms with van der Waals surface area (Å²) >= 11 is 0. The van der Waals surface area contributed by atoms with Crippen LogP contribution in [0.5, 0.6) is 0 Å². The second-order valence-corrected chi connectivity index (χ2v) is 4.11. The zero-order valence-corrected chi connectivity index (χ0v) is 10.6. The highest BCUT2D eigenvalue weighted by Gasteiger charge is 2.12. The van der Waals surface area contributed by atoms with Crippen molar-refractivity contribution in [2.24, 2.45) is 0 Å². The van der Waals surface area contributed by atoms with Gasteiger partial charge in [0.15, 0.2) is 0 Å². The minimum absolute atomic E-state index is 0.302. The van der Waals surface area contributed by atoms with Crippen LogP contribution in [0.2, 0.25) is 0 Å². The van der Waals surface area contributed by atoms with Gasteiger partial charge in [0, 0.05) is 45.6 Å². The van der Waals surface area contributed by atoms with Gasteiger partial charge in [-0.3, -0.25) is 9.88 Å². The molecule has 18 heavy (non-hydrogen) atoms. The summed E-state index contributed by atoms with van der Waals surface area (Å²) in [5.74, 6) is 0. The van der Waals surface area contributed by atoms with Gasteiger partial charge in [-0.1, -0.05) is 6.07 Å². The first-order valence-corrected chi connectivity index (χ1v) is 5.91. The number of aromatic nitrogens is 1. The van der Waals surface area contributed by atoms with E-state index in [0.29, 0.717) is 32.7 Å². The van der Waals surface area contributed by atoms with Gasteiger partial charge in [-0.15, -0.1) is 0 Å². The van der Waals surface area contributed by atoms with Crippen molar-refractivity contribution in [3.8, 4) is 6.07 Å². The molecule has 0 spiro atoms. The van der Waals surface area contributed by atoms with Crippen molar-refractivity contribution in [2.75, 3.05) is 26.8 Å². The number of hydrogen-bond acceptors (Lipinski definition) is 5. The lowest BCUT2D eigenvalue weighted by molar-refractivity contribution is 0.0363. The Morgan fingerprint density at radius 1 is 1.61 bits per heavy atom. The number of ether oxygens (including phenoxy) is 1. The maximum absolute atomic E-state index is 9.73. The highest BCUT2D eigenvalue weighted by Crippen LogP contribution is 2.05. The molecule has 0 radical (unpaired) electrons. The molecule has 5 heteroatoms. The molecule has 1 heterocycles. The van der Waals surface area contributed by atoms with Gasteiger partial charge in [0.1, 0.15) is 0 Å². The Morgan fingerprint density at radius 2 is 2.44 bits per heavy atom. The molecule has 0 bridgehead atoms. The van der Waals surface area contributed by atoms with E-state index in [9.17, 15) is 5.11 Å². The van der Waals surface area contributed by atoms with Crippen LogP contribution in [0.25, 0.3) is 0 Å². The Bertz CT molecular complexity index is 364. The van der Waals surface area contributed by atoms with Gasteiger partial charge in [0.25, 0.3) is 0 Å². The lowest BCUT2D eigenvalue weighted by Gasteiger charge is -2.23. The number of hydrogen-bond donors (Lipinski definition) is 1. The molecule has 1 rings (SSSR count). The third-order valence-electron chi connectivity index (χ3n) is 2.50. The van der Waals surface area contributed by atoms with Crippen LogP contribution in [0.1, 0.15) is 12.0 Å². The molecule has 5 nitrogen and oxygen atoms in total. The fourth-order valence-electron chi connectivity index (χ4n) is 1.74. The Labute approximate surface area is 108 Å². The van der Waals surface area contributed by atoms with E-state index in [2.05, 4.69) is 11.1 Å². The van der Waals surface area contributed by atoms with E-state index < -0.39 is 6.10 Å². The lowest BCUT2D eigenvalue weighted by atomic mass is 10.2. The summed E-state index contributed by atoms with van der Waals surface area (Å²) in [7, 11) is 1.56. The van der Waals surface area contributed by atoms with Crippen LogP contribution in [0.3, 0.4) is 0 Å². The molecule has 98 valence electrons. The molecule has 0 saturated heterocycles. The number of aliphatic hydroxyl groups is 1. The molecule has 1 aromatic heterocycles. The van der Waals surface area contributed by atoms with Crippen LogP contribution < -0.4 is 0 Å². The van der Waals surface area contributed by atoms with Crippen molar-refractivity contribution in [1.82, 2.24) is 9.88 Å². The quantitative estimate of drug-likeness (QED) is 0.738. The van der Waals surface area contributed by atoms with E-state index in [-0.39, 0.29) is 0 Å². The second-order valence-electron chi connectivity index (χ2n) is 4.11. The van der Waals surface area contributed by atoms with Crippen molar-refractivity contribution >= 4 is 0 Å². The maximum atomic E-state index is 9.73. The lowest BCUT2D eigenvalue weighted by Crippen LogP contribution is -2.35. The fourth-order valence-corrected chi connectivity index (χ4v) is 1.74. The molecule has 0 aliphatic heterocycles. The summed E-state index contributed by atoms with van der Waals surface area (Å²) in [5, 5.41) is 18.4. The van der Waals surface area contributed by atoms with Gasteiger partial charge in [-0.05, 0) is 11.6 Å². The van der Waals surface area contributed by atoms with Crippen molar-refractivity contribution in [3.05, 3.63) is 30.1 Å². The van der Waals surface area contributed by atoms with E-state index in [1.165, 1.54) is 0 Å². The van der Waals surface area contributed by atoms with E-state index in [1.807, 2.05) is 17.0 Å². The van der Waals surface area contributed by atoms with Gasteiger partial charge >= 0.3 is 0 Å². The number of nitriles is 1. The Balaban J connectivity index is 2.52. The first-order valence-electron chi connectivity index (χ1n) is 5.91. The first kappa shape index (κ1) is 14.6. The minimum atomic E-state index is -0.537. The van der Waals surface area contributed by atoms with Gasteiger partial charge in [-0.25, -0.2) is 0 Å². The van der Waals surface area contributed by atoms with Crippen LogP contribution in [0.15, 0.2) is 24.5 Å². The predicted octanol–water partition coefficient (Wildman–Crippen LogP) is 0.805. The standard InChI is InChI=1S/C13H19N3O2/c1-18-11-13(17)10-16(7-3-5-14)9-12-4-2-6-15-8-12/h2,4,6,8,13,17H,3,7,9-11H2,1H3. The van der Waals surface area contributed by atoms with Gasteiger partial charge < -0.3 is 9.84 Å². The summed E-state index contributed by atoms with van der Waals surface area (Å²) in [6, 6.07) is 5.98. The van der Waals surface area contributed by atoms with Gasteiger partial charge in [0.2, 0.25) is 0 Å². The molecule has 1 aromatic rings. The van der Waals surface area contributed by atoms with Crippen molar-refractivity contribution in [3.63, 3.8) is 0 Å². The van der Waals surface area contributed by atoms with Crippen molar-refractivity contribution in [2.45, 2.75) is 19.1 Å². The number of aliphatic hydroxyl groups excluding tert-OH is 1. The van der Waals surface area contributed by atoms with Crippen molar-refractivity contribution in [1.29, 1.82) is 5.26 Å². The summed E-state index contributed by atoms with van der Waals surface area (Å²) in [5.41, 5.74) is 1.07. The Kier molecular flexibility index (Phi) is 6.96. The smallest absolute Gasteiger partial charge is 0.0900 e. The average Bonchev–Trinajstić information content (AvgIpc) is 2.37. The zero-order chi connectivity index (χ0) is 13.2. The predicted molar refractivity (Wildman–Crippen MR) is 67.6 cm³/mol. The molecule has 0 fully saturated rings. The van der Waals surface area contributed by atoms with Crippen LogP contribution in [-0.4, -0.2) is 47.9 Å². The highest BCUT2D eigenvalue weighted by molar-refractivity contribution is 5.08. The third kappa shape index (κ3) is 5.73. The van der Waals surface area contributed by atoms with Crippen LogP contribution in [-0.2, 0) is 11.3 Å². The Hall–Kier alpha value is -1.48. The minimum Gasteiger partial charge on any atom is -0.389 e. The van der Waals surface area contributed by atoms with Crippen LogP contribution in [0, 0.1) is 11.3 Å². The second kappa shape index (κ2) is 8.59. The summed E-state index contributed by atoms with van der Waals surface area (Å²) in [6.45, 7) is 2.10. The van der Waals surface area contributed by atoms with Crippen molar-refractivity contribution < 1.29 is 9.84 Å². The first-order chi connectivity index (χ1) is 8.76. The Morgan fingerprint density at radius 3 is 3.06 bits per heavy atom. The number of nitrogens with zero attached hydrogens (tertiary/aromatic N) is 3. The van der Waals surface area contributed by atoms with E-state index in [1.54, 1.807) is 19.5 Å². The molecule has 0 saturated carbocycles. The van der Waals surface area contributed by atoms with E-state index in [4.69, 9.17) is 10.00 Å². The molecule has 0 amide bonds. The van der Waals surface area contributed by atoms with Crippen LogP contribution in [0.4, 0.5) is 0 Å². The molecule has 1 atom stereocenters. The molecule has 0 aliphatic rings. The molecule has 1 unspecified atom stereocenters. The third-order valence-corrected chi connectivity index (χ3v) is 2.50. The van der Waals surface area contributed by atoms with Crippen LogP contribution >= 0.6 is 0 Å². The number of rotatable bonds is 8. The molecule has 1 N–H and O–H groups in total. The monoisotopic (exact) mass is 249 g/mol. The molecule has 0 aromatic carbocycles. The van der Waals surface area contributed by atoms with Gasteiger partial charge in [-0.2, -0.15) is 5.26 Å². The highest BCUT2D eigenvalue weighted by atomic mass is 16.5. The number of pyridine rings is 1. The SMILES string of the molecule is COCC(O)CN(CCC#N)Cc1cccnc1. The molecular formula is C13H19N3O2. The normalized spacial score (nSPS) is 12.3. The van der Waals surface area contributed by atoms with E-state index in [0.717, 1.165) is 5.56 Å². The maximum Gasteiger partial charge on any atom is 0.0900 e. The topological polar surface area (TPSA) is 69.4 Å². The summed E-state index contributed by atoms with van der Waals surface area (Å²) in [4.78, 5) is 6.09. The largest absolute Gasteiger partial charge is 0.389 e. The van der Waals surface area contributed by atoms with Gasteiger partial charge in [0.05, 0.1) is 18.8 Å². The molecular weight excluding hydrogens is 230 g/mol.